The SMILES string of the molecule is CC1CNCC(C)C1c1ccccc1N. The Balaban J connectivity index is 2.31. The number of piperidine rings is 1. The predicted molar refractivity (Wildman–Crippen MR) is 64.8 cm³/mol. The van der Waals surface area contributed by atoms with Crippen molar-refractivity contribution in [3.05, 3.63) is 29.8 Å². The minimum atomic E-state index is 0.604. The van der Waals surface area contributed by atoms with E-state index in [1.807, 2.05) is 12.1 Å². The quantitative estimate of drug-likeness (QED) is 0.688. The van der Waals surface area contributed by atoms with E-state index >= 15 is 0 Å². The molecule has 2 unspecified atom stereocenters. The smallest absolute Gasteiger partial charge is 0.0349 e. The molecule has 3 N–H and O–H groups in total. The summed E-state index contributed by atoms with van der Waals surface area (Å²) in [6, 6.07) is 8.29. The van der Waals surface area contributed by atoms with E-state index in [4.69, 9.17) is 5.73 Å². The zero-order valence-electron chi connectivity index (χ0n) is 9.53. The molecule has 0 spiro atoms. The topological polar surface area (TPSA) is 38.0 Å². The Hall–Kier alpha value is -1.02. The molecule has 0 radical (unpaired) electrons. The number of benzene rings is 1. The molecule has 1 aliphatic rings. The number of nitrogens with one attached hydrogen (secondary N) is 1. The van der Waals surface area contributed by atoms with Gasteiger partial charge < -0.3 is 11.1 Å². The highest BCUT2D eigenvalue weighted by atomic mass is 14.9. The maximum absolute atomic E-state index is 6.06. The second kappa shape index (κ2) is 4.23. The first-order chi connectivity index (χ1) is 7.20. The standard InChI is InChI=1S/C13H20N2/c1-9-7-15-8-10(2)13(9)11-5-3-4-6-12(11)14/h3-6,9-10,13,15H,7-8,14H2,1-2H3. The summed E-state index contributed by atoms with van der Waals surface area (Å²) in [6.07, 6.45) is 0. The fraction of sp³-hybridized carbons (Fsp3) is 0.538. The number of rotatable bonds is 1. The highest BCUT2D eigenvalue weighted by molar-refractivity contribution is 5.49. The lowest BCUT2D eigenvalue weighted by Gasteiger charge is -2.36. The normalized spacial score (nSPS) is 31.5. The first-order valence-corrected chi connectivity index (χ1v) is 5.75. The number of anilines is 1. The molecule has 1 saturated heterocycles. The van der Waals surface area contributed by atoms with Crippen molar-refractivity contribution in [2.24, 2.45) is 11.8 Å². The third kappa shape index (κ3) is 2.00. The molecule has 2 nitrogen and oxygen atoms in total. The molecule has 82 valence electrons. The van der Waals surface area contributed by atoms with Gasteiger partial charge in [-0.3, -0.25) is 0 Å². The Morgan fingerprint density at radius 2 is 1.73 bits per heavy atom. The molecule has 0 amide bonds. The number of nitrogens with two attached hydrogens (primary N) is 1. The van der Waals surface area contributed by atoms with Crippen LogP contribution in [0.5, 0.6) is 0 Å². The second-order valence-electron chi connectivity index (χ2n) is 4.77. The summed E-state index contributed by atoms with van der Waals surface area (Å²) in [4.78, 5) is 0. The number of para-hydroxylation sites is 1. The molecular weight excluding hydrogens is 184 g/mol. The molecule has 0 bridgehead atoms. The van der Waals surface area contributed by atoms with Gasteiger partial charge >= 0.3 is 0 Å². The molecule has 0 aliphatic carbocycles. The van der Waals surface area contributed by atoms with Gasteiger partial charge in [-0.25, -0.2) is 0 Å². The maximum Gasteiger partial charge on any atom is 0.0349 e. The molecule has 15 heavy (non-hydrogen) atoms. The average Bonchev–Trinajstić information content (AvgIpc) is 2.20. The molecule has 0 aromatic heterocycles. The Bertz CT molecular complexity index is 325. The van der Waals surface area contributed by atoms with E-state index in [0.29, 0.717) is 17.8 Å². The van der Waals surface area contributed by atoms with Crippen LogP contribution in [-0.2, 0) is 0 Å². The van der Waals surface area contributed by atoms with Crippen molar-refractivity contribution in [3.8, 4) is 0 Å². The number of hydrogen-bond acceptors (Lipinski definition) is 2. The fourth-order valence-electron chi connectivity index (χ4n) is 2.78. The van der Waals surface area contributed by atoms with Gasteiger partial charge in [-0.2, -0.15) is 0 Å². The zero-order chi connectivity index (χ0) is 10.8. The number of hydrogen-bond donors (Lipinski definition) is 2. The monoisotopic (exact) mass is 204 g/mol. The van der Waals surface area contributed by atoms with Gasteiger partial charge in [0.2, 0.25) is 0 Å². The van der Waals surface area contributed by atoms with Gasteiger partial charge in [0, 0.05) is 5.69 Å². The summed E-state index contributed by atoms with van der Waals surface area (Å²) in [5.41, 5.74) is 8.34. The maximum atomic E-state index is 6.06. The van der Waals surface area contributed by atoms with Crippen molar-refractivity contribution in [3.63, 3.8) is 0 Å². The molecular formula is C13H20N2. The molecule has 1 aromatic rings. The van der Waals surface area contributed by atoms with Crippen molar-refractivity contribution >= 4 is 5.69 Å². The average molecular weight is 204 g/mol. The minimum Gasteiger partial charge on any atom is -0.398 e. The molecule has 1 heterocycles. The van der Waals surface area contributed by atoms with Crippen LogP contribution < -0.4 is 11.1 Å². The molecule has 1 aliphatic heterocycles. The summed E-state index contributed by atoms with van der Waals surface area (Å²) in [7, 11) is 0. The summed E-state index contributed by atoms with van der Waals surface area (Å²) >= 11 is 0. The van der Waals surface area contributed by atoms with Crippen molar-refractivity contribution in [2.45, 2.75) is 19.8 Å². The van der Waals surface area contributed by atoms with Gasteiger partial charge in [-0.15, -0.1) is 0 Å². The van der Waals surface area contributed by atoms with Crippen molar-refractivity contribution in [2.75, 3.05) is 18.8 Å². The Labute approximate surface area is 91.9 Å². The predicted octanol–water partition coefficient (Wildman–Crippen LogP) is 2.23. The molecule has 2 rings (SSSR count). The third-order valence-corrected chi connectivity index (χ3v) is 3.51. The molecule has 2 heteroatoms. The first-order valence-electron chi connectivity index (χ1n) is 5.75. The van der Waals surface area contributed by atoms with Crippen LogP contribution in [0.2, 0.25) is 0 Å². The largest absolute Gasteiger partial charge is 0.398 e. The fourth-order valence-corrected chi connectivity index (χ4v) is 2.78. The van der Waals surface area contributed by atoms with Crippen molar-refractivity contribution in [1.29, 1.82) is 0 Å². The van der Waals surface area contributed by atoms with Crippen LogP contribution in [0.1, 0.15) is 25.3 Å². The van der Waals surface area contributed by atoms with Gasteiger partial charge in [0.25, 0.3) is 0 Å². The van der Waals surface area contributed by atoms with Gasteiger partial charge in [0.05, 0.1) is 0 Å². The van der Waals surface area contributed by atoms with E-state index in [9.17, 15) is 0 Å². The van der Waals surface area contributed by atoms with E-state index in [2.05, 4.69) is 31.3 Å². The van der Waals surface area contributed by atoms with E-state index in [1.54, 1.807) is 0 Å². The molecule has 2 atom stereocenters. The lowest BCUT2D eigenvalue weighted by atomic mass is 9.75. The van der Waals surface area contributed by atoms with Crippen molar-refractivity contribution in [1.82, 2.24) is 5.32 Å². The van der Waals surface area contributed by atoms with E-state index in [1.165, 1.54) is 5.56 Å². The molecule has 0 saturated carbocycles. The summed E-state index contributed by atoms with van der Waals surface area (Å²) in [5, 5.41) is 3.46. The van der Waals surface area contributed by atoms with E-state index in [-0.39, 0.29) is 0 Å². The summed E-state index contributed by atoms with van der Waals surface area (Å²) < 4.78 is 0. The van der Waals surface area contributed by atoms with Crippen LogP contribution in [-0.4, -0.2) is 13.1 Å². The van der Waals surface area contributed by atoms with Gasteiger partial charge in [-0.1, -0.05) is 32.0 Å². The second-order valence-corrected chi connectivity index (χ2v) is 4.77. The highest BCUT2D eigenvalue weighted by Crippen LogP contribution is 2.36. The van der Waals surface area contributed by atoms with E-state index in [0.717, 1.165) is 18.8 Å². The lowest BCUT2D eigenvalue weighted by molar-refractivity contribution is 0.269. The Morgan fingerprint density at radius 3 is 2.33 bits per heavy atom. The minimum absolute atomic E-state index is 0.604. The lowest BCUT2D eigenvalue weighted by Crippen LogP contribution is -2.40. The van der Waals surface area contributed by atoms with Crippen molar-refractivity contribution < 1.29 is 0 Å². The summed E-state index contributed by atoms with van der Waals surface area (Å²) in [5.74, 6) is 1.93. The van der Waals surface area contributed by atoms with Crippen LogP contribution in [0, 0.1) is 11.8 Å². The van der Waals surface area contributed by atoms with Crippen LogP contribution >= 0.6 is 0 Å². The van der Waals surface area contributed by atoms with Crippen LogP contribution in [0.15, 0.2) is 24.3 Å². The highest BCUT2D eigenvalue weighted by Gasteiger charge is 2.29. The zero-order valence-corrected chi connectivity index (χ0v) is 9.53. The Kier molecular flexibility index (Phi) is 2.96. The van der Waals surface area contributed by atoms with Crippen LogP contribution in [0.25, 0.3) is 0 Å². The third-order valence-electron chi connectivity index (χ3n) is 3.51. The van der Waals surface area contributed by atoms with Crippen LogP contribution in [0.4, 0.5) is 5.69 Å². The first kappa shape index (κ1) is 10.5. The molecule has 1 fully saturated rings. The van der Waals surface area contributed by atoms with Crippen LogP contribution in [0.3, 0.4) is 0 Å². The van der Waals surface area contributed by atoms with Gasteiger partial charge in [-0.05, 0) is 42.5 Å². The molecule has 1 aromatic carbocycles. The van der Waals surface area contributed by atoms with Gasteiger partial charge in [0.1, 0.15) is 0 Å². The number of nitrogen functional groups attached to an aromatic ring is 1. The Morgan fingerprint density at radius 1 is 1.13 bits per heavy atom. The summed E-state index contributed by atoms with van der Waals surface area (Å²) in [6.45, 7) is 6.81. The van der Waals surface area contributed by atoms with Gasteiger partial charge in [0.15, 0.2) is 0 Å². The van der Waals surface area contributed by atoms with E-state index < -0.39 is 0 Å².